The molecule has 1 saturated heterocycles. The van der Waals surface area contributed by atoms with E-state index in [1.54, 1.807) is 16.2 Å². The van der Waals surface area contributed by atoms with E-state index in [2.05, 4.69) is 49.2 Å². The van der Waals surface area contributed by atoms with E-state index in [0.717, 1.165) is 35.2 Å². The molecule has 5 rings (SSSR count). The number of hydrogen-bond acceptors (Lipinski definition) is 6. The zero-order chi connectivity index (χ0) is 31.0. The van der Waals surface area contributed by atoms with Gasteiger partial charge in [0.2, 0.25) is 5.91 Å². The van der Waals surface area contributed by atoms with E-state index < -0.39 is 12.1 Å². The zero-order valence-electron chi connectivity index (χ0n) is 26.1. The monoisotopic (exact) mass is 601 g/mol. The molecule has 1 aromatic heterocycles. The van der Waals surface area contributed by atoms with Gasteiger partial charge in [-0.15, -0.1) is 11.3 Å². The normalized spacial score (nSPS) is 21.4. The number of carbonyl (C=O) groups is 4. The molecule has 43 heavy (non-hydrogen) atoms. The molecule has 2 aromatic rings. The third-order valence-corrected chi connectivity index (χ3v) is 10.7. The molecule has 0 saturated carbocycles. The van der Waals surface area contributed by atoms with Crippen molar-refractivity contribution in [1.82, 2.24) is 14.8 Å². The molecule has 3 heterocycles. The van der Waals surface area contributed by atoms with E-state index in [0.29, 0.717) is 13.0 Å². The minimum atomic E-state index is -0.784. The maximum atomic E-state index is 14.1. The molecule has 3 aliphatic rings. The van der Waals surface area contributed by atoms with Crippen LogP contribution in [0.2, 0.25) is 0 Å². The fourth-order valence-corrected chi connectivity index (χ4v) is 7.68. The van der Waals surface area contributed by atoms with Gasteiger partial charge >= 0.3 is 0 Å². The summed E-state index contributed by atoms with van der Waals surface area (Å²) in [6.45, 7) is 12.4. The number of Topliss-reactive ketones (excluding diaryl/α,β-unsaturated/α-hetero) is 2. The number of hydrogen-bond donors (Lipinski definition) is 0. The van der Waals surface area contributed by atoms with Crippen molar-refractivity contribution in [3.8, 4) is 10.4 Å². The van der Waals surface area contributed by atoms with E-state index in [1.807, 2.05) is 39.3 Å². The summed E-state index contributed by atoms with van der Waals surface area (Å²) < 4.78 is 0. The average molecular weight is 602 g/mol. The number of carbonyl (C=O) groups excluding carboxylic acids is 4. The first-order valence-corrected chi connectivity index (χ1v) is 16.4. The van der Waals surface area contributed by atoms with Gasteiger partial charge in [-0.05, 0) is 60.6 Å². The van der Waals surface area contributed by atoms with Crippen molar-refractivity contribution >= 4 is 34.7 Å². The lowest BCUT2D eigenvalue weighted by Crippen LogP contribution is -2.55. The second-order valence-electron chi connectivity index (χ2n) is 13.0. The number of thiazole rings is 1. The van der Waals surface area contributed by atoms with Gasteiger partial charge in [-0.2, -0.15) is 0 Å². The smallest absolute Gasteiger partial charge is 0.251 e. The molecule has 1 aromatic carbocycles. The number of likely N-dealkylation sites (tertiary alicyclic amines) is 1. The van der Waals surface area contributed by atoms with Gasteiger partial charge in [0.05, 0.1) is 28.7 Å². The number of nitrogens with zero attached hydrogens (tertiary/aromatic N) is 3. The Morgan fingerprint density at radius 1 is 1.05 bits per heavy atom. The van der Waals surface area contributed by atoms with E-state index in [-0.39, 0.29) is 60.0 Å². The van der Waals surface area contributed by atoms with Crippen LogP contribution in [-0.4, -0.2) is 63.3 Å². The minimum absolute atomic E-state index is 0.0463. The highest BCUT2D eigenvalue weighted by Crippen LogP contribution is 2.34. The lowest BCUT2D eigenvalue weighted by Gasteiger charge is -2.36. The summed E-state index contributed by atoms with van der Waals surface area (Å²) in [5.41, 5.74) is 7.03. The quantitative estimate of drug-likeness (QED) is 0.342. The predicted octanol–water partition coefficient (Wildman–Crippen LogP) is 5.82. The maximum Gasteiger partial charge on any atom is 0.251 e. The molecule has 0 radical (unpaired) electrons. The topological polar surface area (TPSA) is 87.7 Å². The number of allylic oxidation sites excluding steroid dienone is 1. The van der Waals surface area contributed by atoms with Crippen LogP contribution in [0.3, 0.4) is 0 Å². The van der Waals surface area contributed by atoms with Crippen LogP contribution in [0.5, 0.6) is 0 Å². The largest absolute Gasteiger partial charge is 0.323 e. The van der Waals surface area contributed by atoms with Crippen molar-refractivity contribution in [2.45, 2.75) is 79.3 Å². The molecule has 1 aliphatic carbocycles. The lowest BCUT2D eigenvalue weighted by atomic mass is 9.78. The Kier molecular flexibility index (Phi) is 9.16. The van der Waals surface area contributed by atoms with Crippen LogP contribution in [0.15, 0.2) is 53.1 Å². The Labute approximate surface area is 259 Å². The van der Waals surface area contributed by atoms with Crippen LogP contribution in [-0.2, 0) is 25.6 Å². The van der Waals surface area contributed by atoms with Crippen LogP contribution >= 0.6 is 11.3 Å². The summed E-state index contributed by atoms with van der Waals surface area (Å²) in [6, 6.07) is 7.06. The van der Waals surface area contributed by atoms with Crippen LogP contribution in [0, 0.1) is 30.6 Å². The van der Waals surface area contributed by atoms with Gasteiger partial charge in [0.15, 0.2) is 11.6 Å². The first-order valence-electron chi connectivity index (χ1n) is 15.5. The highest BCUT2D eigenvalue weighted by molar-refractivity contribution is 7.13. The molecule has 2 aliphatic heterocycles. The summed E-state index contributed by atoms with van der Waals surface area (Å²) in [4.78, 5) is 62.7. The number of aromatic nitrogens is 1. The first-order chi connectivity index (χ1) is 20.5. The third kappa shape index (κ3) is 6.17. The molecule has 0 N–H and O–H groups in total. The van der Waals surface area contributed by atoms with Crippen LogP contribution in [0.25, 0.3) is 10.4 Å². The van der Waals surface area contributed by atoms with Gasteiger partial charge in [0.1, 0.15) is 6.04 Å². The summed E-state index contributed by atoms with van der Waals surface area (Å²) in [7, 11) is 0. The first kappa shape index (κ1) is 31.0. The van der Waals surface area contributed by atoms with Crippen molar-refractivity contribution in [2.75, 3.05) is 13.1 Å². The van der Waals surface area contributed by atoms with Crippen molar-refractivity contribution < 1.29 is 19.2 Å². The van der Waals surface area contributed by atoms with Crippen LogP contribution in [0.4, 0.5) is 0 Å². The second kappa shape index (κ2) is 12.7. The van der Waals surface area contributed by atoms with Crippen molar-refractivity contribution in [1.29, 1.82) is 0 Å². The van der Waals surface area contributed by atoms with Crippen molar-refractivity contribution in [3.63, 3.8) is 0 Å². The summed E-state index contributed by atoms with van der Waals surface area (Å²) in [5, 5.41) is 0. The Morgan fingerprint density at radius 2 is 1.77 bits per heavy atom. The summed E-state index contributed by atoms with van der Waals surface area (Å²) in [5.74, 6) is -0.774. The number of benzene rings is 1. The Morgan fingerprint density at radius 3 is 2.40 bits per heavy atom. The SMILES string of the molecule is Cc1ncsc1-c1ccc(CC(C)[C@@H](C)[C@H](C)C(=O)[C@@H]2CC(=O)CN2C(=O)C(C(C)C)N2CC3=C(CCC=C3)C2=O)cc1. The molecule has 7 nitrogen and oxygen atoms in total. The van der Waals surface area contributed by atoms with Crippen molar-refractivity contribution in [2.24, 2.45) is 23.7 Å². The Balaban J connectivity index is 1.26. The number of aryl methyl sites for hydroxylation is 1. The number of ketones is 2. The molecular formula is C35H43N3O4S. The maximum absolute atomic E-state index is 14.1. The van der Waals surface area contributed by atoms with Crippen molar-refractivity contribution in [3.05, 3.63) is 64.3 Å². The molecule has 0 bridgehead atoms. The van der Waals surface area contributed by atoms with Gasteiger partial charge in [0.25, 0.3) is 5.91 Å². The molecule has 2 unspecified atom stereocenters. The van der Waals surface area contributed by atoms with E-state index >= 15 is 0 Å². The molecular weight excluding hydrogens is 558 g/mol. The molecule has 5 atom stereocenters. The second-order valence-corrected chi connectivity index (χ2v) is 13.8. The average Bonchev–Trinajstić information content (AvgIpc) is 3.69. The van der Waals surface area contributed by atoms with Gasteiger partial charge in [-0.1, -0.05) is 71.0 Å². The Bertz CT molecular complexity index is 1470. The molecule has 1 fully saturated rings. The molecule has 2 amide bonds. The predicted molar refractivity (Wildman–Crippen MR) is 169 cm³/mol. The highest BCUT2D eigenvalue weighted by atomic mass is 32.1. The molecule has 228 valence electrons. The number of amides is 2. The minimum Gasteiger partial charge on any atom is -0.323 e. The summed E-state index contributed by atoms with van der Waals surface area (Å²) in [6.07, 6.45) is 6.44. The summed E-state index contributed by atoms with van der Waals surface area (Å²) >= 11 is 1.64. The fourth-order valence-electron chi connectivity index (χ4n) is 6.87. The molecule has 8 heteroatoms. The van der Waals surface area contributed by atoms with E-state index in [9.17, 15) is 19.2 Å². The van der Waals surface area contributed by atoms with Crippen LogP contribution < -0.4 is 0 Å². The van der Waals surface area contributed by atoms with E-state index in [1.165, 1.54) is 15.3 Å². The highest BCUT2D eigenvalue weighted by Gasteiger charge is 2.47. The van der Waals surface area contributed by atoms with E-state index in [4.69, 9.17) is 0 Å². The number of rotatable bonds is 10. The van der Waals surface area contributed by atoms with Gasteiger partial charge in [-0.3, -0.25) is 19.2 Å². The van der Waals surface area contributed by atoms with Gasteiger partial charge in [-0.25, -0.2) is 4.98 Å². The van der Waals surface area contributed by atoms with Gasteiger partial charge < -0.3 is 9.80 Å². The molecule has 0 spiro atoms. The standard InChI is InChI=1S/C35H43N3O4S/c1-20(2)31(38-17-27-9-7-8-10-29(27)34(38)41)35(42)37-18-28(39)16-30(37)32(40)23(5)22(4)21(3)15-25-11-13-26(14-12-25)33-24(6)36-19-43-33/h7,9,11-14,19-23,30-31H,8,10,15-18H2,1-6H3/t21?,22-,23+,30+,31?/m1/s1. The Hall–Kier alpha value is -3.39. The van der Waals surface area contributed by atoms with Crippen LogP contribution in [0.1, 0.15) is 65.1 Å². The third-order valence-electron chi connectivity index (χ3n) is 9.76. The lowest BCUT2D eigenvalue weighted by molar-refractivity contribution is -0.148. The zero-order valence-corrected chi connectivity index (χ0v) is 26.9. The fraction of sp³-hybridized carbons (Fsp3) is 0.514. The van der Waals surface area contributed by atoms with Gasteiger partial charge in [0, 0.05) is 24.5 Å².